The van der Waals surface area contributed by atoms with E-state index in [-0.39, 0.29) is 0 Å². The van der Waals surface area contributed by atoms with Crippen LogP contribution in [-0.2, 0) is 0 Å². The first-order valence-corrected chi connectivity index (χ1v) is 7.67. The number of pyridine rings is 1. The van der Waals surface area contributed by atoms with Crippen LogP contribution in [0.5, 0.6) is 0 Å². The molecule has 0 aromatic carbocycles. The SMILES string of the molecule is CC(C)=CCN1CCC(NC(C)c2cccnc2)CC1. The maximum atomic E-state index is 4.20. The Morgan fingerprint density at radius 2 is 2.20 bits per heavy atom. The summed E-state index contributed by atoms with van der Waals surface area (Å²) in [5.74, 6) is 0. The number of nitrogens with zero attached hydrogens (tertiary/aromatic N) is 2. The van der Waals surface area contributed by atoms with E-state index >= 15 is 0 Å². The third-order valence-electron chi connectivity index (χ3n) is 4.02. The summed E-state index contributed by atoms with van der Waals surface area (Å²) < 4.78 is 0. The molecule has 20 heavy (non-hydrogen) atoms. The molecule has 0 spiro atoms. The second-order valence-electron chi connectivity index (χ2n) is 6.03. The lowest BCUT2D eigenvalue weighted by atomic mass is 10.0. The summed E-state index contributed by atoms with van der Waals surface area (Å²) in [5, 5.41) is 3.74. The standard InChI is InChI=1S/C17H27N3/c1-14(2)6-10-20-11-7-17(8-12-20)19-15(3)16-5-4-9-18-13-16/h4-6,9,13,15,17,19H,7-8,10-12H2,1-3H3. The topological polar surface area (TPSA) is 28.2 Å². The van der Waals surface area contributed by atoms with E-state index in [1.165, 1.54) is 37.1 Å². The summed E-state index contributed by atoms with van der Waals surface area (Å²) >= 11 is 0. The molecule has 1 fully saturated rings. The lowest BCUT2D eigenvalue weighted by molar-refractivity contribution is 0.208. The molecule has 2 heterocycles. The fraction of sp³-hybridized carbons (Fsp3) is 0.588. The monoisotopic (exact) mass is 273 g/mol. The Labute approximate surface area is 123 Å². The second-order valence-corrected chi connectivity index (χ2v) is 6.03. The minimum atomic E-state index is 0.387. The van der Waals surface area contributed by atoms with Gasteiger partial charge in [0.1, 0.15) is 0 Å². The number of likely N-dealkylation sites (tertiary alicyclic amines) is 1. The molecule has 110 valence electrons. The van der Waals surface area contributed by atoms with Gasteiger partial charge in [-0.25, -0.2) is 0 Å². The summed E-state index contributed by atoms with van der Waals surface area (Å²) in [7, 11) is 0. The molecular weight excluding hydrogens is 246 g/mol. The predicted molar refractivity (Wildman–Crippen MR) is 84.7 cm³/mol. The summed E-state index contributed by atoms with van der Waals surface area (Å²) in [6.07, 6.45) is 8.59. The summed E-state index contributed by atoms with van der Waals surface area (Å²) in [5.41, 5.74) is 2.69. The van der Waals surface area contributed by atoms with Crippen molar-refractivity contribution >= 4 is 0 Å². The second kappa shape index (κ2) is 7.55. The van der Waals surface area contributed by atoms with Crippen molar-refractivity contribution in [2.75, 3.05) is 19.6 Å². The van der Waals surface area contributed by atoms with Gasteiger partial charge in [0.25, 0.3) is 0 Å². The van der Waals surface area contributed by atoms with Gasteiger partial charge < -0.3 is 5.32 Å². The smallest absolute Gasteiger partial charge is 0.0315 e. The Morgan fingerprint density at radius 3 is 2.80 bits per heavy atom. The van der Waals surface area contributed by atoms with Crippen molar-refractivity contribution in [3.8, 4) is 0 Å². The summed E-state index contributed by atoms with van der Waals surface area (Å²) in [6.45, 7) is 10.1. The van der Waals surface area contributed by atoms with Gasteiger partial charge >= 0.3 is 0 Å². The molecule has 1 unspecified atom stereocenters. The first-order valence-electron chi connectivity index (χ1n) is 7.67. The average Bonchev–Trinajstić information content (AvgIpc) is 2.47. The molecule has 0 saturated carbocycles. The van der Waals surface area contributed by atoms with E-state index in [9.17, 15) is 0 Å². The quantitative estimate of drug-likeness (QED) is 0.835. The zero-order valence-electron chi connectivity index (χ0n) is 13.0. The van der Waals surface area contributed by atoms with Gasteiger partial charge in [-0.2, -0.15) is 0 Å². The van der Waals surface area contributed by atoms with Gasteiger partial charge in [-0.15, -0.1) is 0 Å². The zero-order chi connectivity index (χ0) is 14.4. The molecule has 2 rings (SSSR count). The van der Waals surface area contributed by atoms with E-state index in [1.807, 2.05) is 18.5 Å². The molecular formula is C17H27N3. The highest BCUT2D eigenvalue weighted by Gasteiger charge is 2.20. The Bertz CT molecular complexity index is 415. The number of allylic oxidation sites excluding steroid dienone is 1. The number of rotatable bonds is 5. The van der Waals surface area contributed by atoms with Crippen molar-refractivity contribution in [2.24, 2.45) is 0 Å². The van der Waals surface area contributed by atoms with Crippen LogP contribution in [0.25, 0.3) is 0 Å². The van der Waals surface area contributed by atoms with Crippen LogP contribution in [0.1, 0.15) is 45.2 Å². The van der Waals surface area contributed by atoms with Crippen LogP contribution in [-0.4, -0.2) is 35.6 Å². The number of piperidine rings is 1. The Kier molecular flexibility index (Phi) is 5.74. The third-order valence-corrected chi connectivity index (χ3v) is 4.02. The van der Waals surface area contributed by atoms with Crippen LogP contribution in [0.4, 0.5) is 0 Å². The van der Waals surface area contributed by atoms with E-state index in [4.69, 9.17) is 0 Å². The van der Waals surface area contributed by atoms with Crippen molar-refractivity contribution in [3.63, 3.8) is 0 Å². The molecule has 1 atom stereocenters. The van der Waals surface area contributed by atoms with Crippen molar-refractivity contribution in [3.05, 3.63) is 41.7 Å². The van der Waals surface area contributed by atoms with Gasteiger partial charge in [-0.1, -0.05) is 17.7 Å². The van der Waals surface area contributed by atoms with E-state index in [2.05, 4.69) is 48.1 Å². The van der Waals surface area contributed by atoms with E-state index < -0.39 is 0 Å². The number of aromatic nitrogens is 1. The molecule has 1 N–H and O–H groups in total. The third kappa shape index (κ3) is 4.73. The van der Waals surface area contributed by atoms with Crippen molar-refractivity contribution in [2.45, 2.75) is 45.7 Å². The van der Waals surface area contributed by atoms with Gasteiger partial charge in [0.15, 0.2) is 0 Å². The van der Waals surface area contributed by atoms with E-state index in [0.29, 0.717) is 12.1 Å². The highest BCUT2D eigenvalue weighted by atomic mass is 15.1. The summed E-state index contributed by atoms with van der Waals surface area (Å²) in [4.78, 5) is 6.74. The van der Waals surface area contributed by atoms with E-state index in [0.717, 1.165) is 6.54 Å². The average molecular weight is 273 g/mol. The fourth-order valence-electron chi connectivity index (χ4n) is 2.68. The minimum absolute atomic E-state index is 0.387. The minimum Gasteiger partial charge on any atom is -0.307 e. The molecule has 3 heteroatoms. The molecule has 0 aliphatic carbocycles. The molecule has 0 bridgehead atoms. The molecule has 1 aliphatic heterocycles. The largest absolute Gasteiger partial charge is 0.307 e. The number of hydrogen-bond acceptors (Lipinski definition) is 3. The van der Waals surface area contributed by atoms with Crippen LogP contribution >= 0.6 is 0 Å². The summed E-state index contributed by atoms with van der Waals surface area (Å²) in [6, 6.07) is 5.18. The lowest BCUT2D eigenvalue weighted by Crippen LogP contribution is -2.43. The van der Waals surface area contributed by atoms with Gasteiger partial charge in [0, 0.05) is 31.0 Å². The van der Waals surface area contributed by atoms with Crippen LogP contribution in [0.3, 0.4) is 0 Å². The first kappa shape index (κ1) is 15.2. The normalized spacial score (nSPS) is 18.8. The van der Waals surface area contributed by atoms with Gasteiger partial charge in [0.2, 0.25) is 0 Å². The molecule has 1 saturated heterocycles. The van der Waals surface area contributed by atoms with Crippen LogP contribution < -0.4 is 5.32 Å². The van der Waals surface area contributed by atoms with Gasteiger partial charge in [0.05, 0.1) is 0 Å². The predicted octanol–water partition coefficient (Wildman–Crippen LogP) is 3.16. The molecule has 0 radical (unpaired) electrons. The van der Waals surface area contributed by atoms with Crippen molar-refractivity contribution in [1.29, 1.82) is 0 Å². The maximum absolute atomic E-state index is 4.20. The Balaban J connectivity index is 1.76. The maximum Gasteiger partial charge on any atom is 0.0315 e. The van der Waals surface area contributed by atoms with Crippen LogP contribution in [0.15, 0.2) is 36.2 Å². The molecule has 3 nitrogen and oxygen atoms in total. The molecule has 1 aliphatic rings. The van der Waals surface area contributed by atoms with E-state index in [1.54, 1.807) is 0 Å². The highest BCUT2D eigenvalue weighted by Crippen LogP contribution is 2.16. The first-order chi connectivity index (χ1) is 9.65. The van der Waals surface area contributed by atoms with Gasteiger partial charge in [-0.3, -0.25) is 9.88 Å². The number of nitrogens with one attached hydrogen (secondary N) is 1. The Hall–Kier alpha value is -1.19. The molecule has 1 aromatic rings. The molecule has 1 aromatic heterocycles. The Morgan fingerprint density at radius 1 is 1.45 bits per heavy atom. The zero-order valence-corrected chi connectivity index (χ0v) is 13.0. The van der Waals surface area contributed by atoms with Gasteiger partial charge in [-0.05, 0) is 58.3 Å². The molecule has 0 amide bonds. The fourth-order valence-corrected chi connectivity index (χ4v) is 2.68. The number of hydrogen-bond donors (Lipinski definition) is 1. The highest BCUT2D eigenvalue weighted by molar-refractivity contribution is 5.13. The van der Waals surface area contributed by atoms with Crippen molar-refractivity contribution < 1.29 is 0 Å². The van der Waals surface area contributed by atoms with Crippen LogP contribution in [0, 0.1) is 0 Å². The van der Waals surface area contributed by atoms with Crippen LogP contribution in [0.2, 0.25) is 0 Å². The lowest BCUT2D eigenvalue weighted by Gasteiger charge is -2.33. The van der Waals surface area contributed by atoms with Crippen molar-refractivity contribution in [1.82, 2.24) is 15.2 Å².